The molecule has 0 saturated heterocycles. The van der Waals surface area contributed by atoms with Gasteiger partial charge < -0.3 is 9.47 Å². The molecular weight excluding hydrogens is 302 g/mol. The van der Waals surface area contributed by atoms with Crippen LogP contribution >= 0.6 is 11.3 Å². The maximum atomic E-state index is 12.2. The van der Waals surface area contributed by atoms with Crippen LogP contribution in [-0.2, 0) is 16.6 Å². The van der Waals surface area contributed by atoms with Crippen molar-refractivity contribution in [3.8, 4) is 11.5 Å². The molecule has 1 N–H and O–H groups in total. The molecule has 1 aliphatic rings. The molecule has 2 aromatic rings. The first-order chi connectivity index (χ1) is 9.54. The molecule has 9 heteroatoms. The van der Waals surface area contributed by atoms with Crippen LogP contribution in [0.1, 0.15) is 10.0 Å². The third-order valence-corrected chi connectivity index (χ3v) is 4.87. The van der Waals surface area contributed by atoms with E-state index in [0.717, 1.165) is 5.01 Å². The van der Waals surface area contributed by atoms with Gasteiger partial charge in [0.2, 0.25) is 16.8 Å². The van der Waals surface area contributed by atoms with Gasteiger partial charge in [-0.2, -0.15) is 0 Å². The topological polar surface area (TPSA) is 90.4 Å². The molecule has 1 aliphatic heterocycles. The predicted octanol–water partition coefficient (Wildman–Crippen LogP) is 1.05. The van der Waals surface area contributed by atoms with Crippen molar-refractivity contribution in [2.45, 2.75) is 18.4 Å². The zero-order valence-electron chi connectivity index (χ0n) is 10.5. The fourth-order valence-electron chi connectivity index (χ4n) is 1.69. The standard InChI is InChI=1S/C11H11N3O4S2/c1-7-13-14-11(19-7)5-12-20(15,16)8-2-3-9-10(4-8)18-6-17-9/h2-4,12H,5-6H2,1H3. The lowest BCUT2D eigenvalue weighted by molar-refractivity contribution is 0.174. The number of fused-ring (bicyclic) bond motifs is 1. The molecule has 0 fully saturated rings. The number of sulfonamides is 1. The molecular formula is C11H11N3O4S2. The molecule has 0 saturated carbocycles. The van der Waals surface area contributed by atoms with Crippen molar-refractivity contribution in [3.63, 3.8) is 0 Å². The second-order valence-corrected chi connectivity index (χ2v) is 7.09. The summed E-state index contributed by atoms with van der Waals surface area (Å²) in [5.74, 6) is 0.975. The van der Waals surface area contributed by atoms with E-state index in [9.17, 15) is 8.42 Å². The van der Waals surface area contributed by atoms with Crippen LogP contribution in [-0.4, -0.2) is 25.4 Å². The van der Waals surface area contributed by atoms with Gasteiger partial charge in [0.15, 0.2) is 11.5 Å². The average molecular weight is 313 g/mol. The fraction of sp³-hybridized carbons (Fsp3) is 0.273. The highest BCUT2D eigenvalue weighted by molar-refractivity contribution is 7.89. The number of hydrogen-bond donors (Lipinski definition) is 1. The minimum atomic E-state index is -3.62. The van der Waals surface area contributed by atoms with Crippen LogP contribution in [0.3, 0.4) is 0 Å². The summed E-state index contributed by atoms with van der Waals surface area (Å²) in [5.41, 5.74) is 0. The Morgan fingerprint density at radius 3 is 2.85 bits per heavy atom. The first-order valence-corrected chi connectivity index (χ1v) is 8.03. The van der Waals surface area contributed by atoms with Gasteiger partial charge >= 0.3 is 0 Å². The number of hydrogen-bond acceptors (Lipinski definition) is 7. The molecule has 20 heavy (non-hydrogen) atoms. The number of aryl methyl sites for hydroxylation is 1. The number of benzene rings is 1. The molecule has 1 aromatic heterocycles. The monoisotopic (exact) mass is 313 g/mol. The maximum Gasteiger partial charge on any atom is 0.241 e. The molecule has 0 unspecified atom stereocenters. The molecule has 0 amide bonds. The van der Waals surface area contributed by atoms with Crippen LogP contribution in [0.15, 0.2) is 23.1 Å². The van der Waals surface area contributed by atoms with Gasteiger partial charge in [0.1, 0.15) is 10.0 Å². The molecule has 0 aliphatic carbocycles. The molecule has 3 rings (SSSR count). The van der Waals surface area contributed by atoms with Gasteiger partial charge in [-0.3, -0.25) is 0 Å². The molecule has 1 aromatic carbocycles. The molecule has 0 atom stereocenters. The van der Waals surface area contributed by atoms with Gasteiger partial charge in [-0.25, -0.2) is 13.1 Å². The number of nitrogens with one attached hydrogen (secondary N) is 1. The van der Waals surface area contributed by atoms with Crippen LogP contribution in [0.5, 0.6) is 11.5 Å². The van der Waals surface area contributed by atoms with Gasteiger partial charge in [0.25, 0.3) is 0 Å². The first-order valence-electron chi connectivity index (χ1n) is 5.73. The molecule has 0 spiro atoms. The van der Waals surface area contributed by atoms with Crippen molar-refractivity contribution < 1.29 is 17.9 Å². The summed E-state index contributed by atoms with van der Waals surface area (Å²) in [6.07, 6.45) is 0. The van der Waals surface area contributed by atoms with Crippen LogP contribution in [0.2, 0.25) is 0 Å². The zero-order chi connectivity index (χ0) is 14.2. The number of aromatic nitrogens is 2. The van der Waals surface area contributed by atoms with Crippen molar-refractivity contribution in [1.82, 2.24) is 14.9 Å². The average Bonchev–Trinajstić information content (AvgIpc) is 3.04. The van der Waals surface area contributed by atoms with E-state index in [2.05, 4.69) is 14.9 Å². The number of nitrogens with zero attached hydrogens (tertiary/aromatic N) is 2. The number of rotatable bonds is 4. The van der Waals surface area contributed by atoms with Crippen molar-refractivity contribution in [2.75, 3.05) is 6.79 Å². The highest BCUT2D eigenvalue weighted by Crippen LogP contribution is 2.33. The van der Waals surface area contributed by atoms with E-state index in [0.29, 0.717) is 16.5 Å². The Hall–Kier alpha value is -1.71. The Morgan fingerprint density at radius 2 is 2.10 bits per heavy atom. The quantitative estimate of drug-likeness (QED) is 0.907. The highest BCUT2D eigenvalue weighted by atomic mass is 32.2. The van der Waals surface area contributed by atoms with Crippen molar-refractivity contribution in [2.24, 2.45) is 0 Å². The maximum absolute atomic E-state index is 12.2. The summed E-state index contributed by atoms with van der Waals surface area (Å²) in [5, 5.41) is 9.11. The van der Waals surface area contributed by atoms with Crippen LogP contribution in [0, 0.1) is 6.92 Å². The third-order valence-electron chi connectivity index (χ3n) is 2.64. The Morgan fingerprint density at radius 1 is 1.30 bits per heavy atom. The minimum Gasteiger partial charge on any atom is -0.454 e. The summed E-state index contributed by atoms with van der Waals surface area (Å²) in [4.78, 5) is 0.128. The normalized spacial score (nSPS) is 13.7. The Bertz CT molecular complexity index is 742. The number of ether oxygens (including phenoxy) is 2. The summed E-state index contributed by atoms with van der Waals surface area (Å²) in [6.45, 7) is 2.03. The largest absolute Gasteiger partial charge is 0.454 e. The lowest BCUT2D eigenvalue weighted by Crippen LogP contribution is -2.23. The van der Waals surface area contributed by atoms with Crippen molar-refractivity contribution in [3.05, 3.63) is 28.2 Å². The van der Waals surface area contributed by atoms with Gasteiger partial charge in [-0.1, -0.05) is 0 Å². The van der Waals surface area contributed by atoms with Crippen LogP contribution in [0.4, 0.5) is 0 Å². The Balaban J connectivity index is 1.78. The van der Waals surface area contributed by atoms with Gasteiger partial charge in [-0.15, -0.1) is 21.5 Å². The van der Waals surface area contributed by atoms with E-state index in [1.54, 1.807) is 6.07 Å². The van der Waals surface area contributed by atoms with Crippen molar-refractivity contribution in [1.29, 1.82) is 0 Å². The van der Waals surface area contributed by atoms with E-state index in [1.165, 1.54) is 23.5 Å². The second kappa shape index (κ2) is 5.00. The van der Waals surface area contributed by atoms with Gasteiger partial charge in [-0.05, 0) is 19.1 Å². The molecule has 0 bridgehead atoms. The summed E-state index contributed by atoms with van der Waals surface area (Å²) in [7, 11) is -3.62. The minimum absolute atomic E-state index is 0.107. The smallest absolute Gasteiger partial charge is 0.241 e. The van der Waals surface area contributed by atoms with Gasteiger partial charge in [0, 0.05) is 6.07 Å². The van der Waals surface area contributed by atoms with E-state index >= 15 is 0 Å². The molecule has 7 nitrogen and oxygen atoms in total. The highest BCUT2D eigenvalue weighted by Gasteiger charge is 2.20. The lowest BCUT2D eigenvalue weighted by Gasteiger charge is -2.05. The molecule has 106 valence electrons. The Kier molecular flexibility index (Phi) is 3.32. The molecule has 2 heterocycles. The van der Waals surface area contributed by atoms with E-state index in [1.807, 2.05) is 6.92 Å². The zero-order valence-corrected chi connectivity index (χ0v) is 12.1. The van der Waals surface area contributed by atoms with Crippen LogP contribution < -0.4 is 14.2 Å². The third kappa shape index (κ3) is 2.60. The fourth-order valence-corrected chi connectivity index (χ4v) is 3.44. The van der Waals surface area contributed by atoms with E-state index < -0.39 is 10.0 Å². The summed E-state index contributed by atoms with van der Waals surface area (Å²) >= 11 is 1.35. The SMILES string of the molecule is Cc1nnc(CNS(=O)(=O)c2ccc3c(c2)OCO3)s1. The molecule has 0 radical (unpaired) electrons. The van der Waals surface area contributed by atoms with E-state index in [-0.39, 0.29) is 18.2 Å². The second-order valence-electron chi connectivity index (χ2n) is 4.05. The first kappa shape index (κ1) is 13.3. The van der Waals surface area contributed by atoms with Crippen LogP contribution in [0.25, 0.3) is 0 Å². The van der Waals surface area contributed by atoms with E-state index in [4.69, 9.17) is 9.47 Å². The van der Waals surface area contributed by atoms with Gasteiger partial charge in [0.05, 0.1) is 11.4 Å². The summed E-state index contributed by atoms with van der Waals surface area (Å²) in [6, 6.07) is 4.49. The van der Waals surface area contributed by atoms with Crippen molar-refractivity contribution >= 4 is 21.4 Å². The lowest BCUT2D eigenvalue weighted by atomic mass is 10.3. The summed E-state index contributed by atoms with van der Waals surface area (Å²) < 4.78 is 37.1. The Labute approximate surface area is 119 Å². The predicted molar refractivity (Wildman–Crippen MR) is 71.2 cm³/mol.